The number of furan rings is 1. The molecule has 106 valence electrons. The Morgan fingerprint density at radius 3 is 2.62 bits per heavy atom. The molecule has 1 aromatic carbocycles. The molecule has 0 saturated carbocycles. The fraction of sp³-hybridized carbons (Fsp3) is 0.0667. The normalized spacial score (nSPS) is 17.0. The molecule has 2 amide bonds. The molecule has 3 rings (SSSR count). The van der Waals surface area contributed by atoms with Crippen LogP contribution in [0.4, 0.5) is 4.79 Å². The molecule has 21 heavy (non-hydrogen) atoms. The van der Waals surface area contributed by atoms with E-state index in [1.807, 2.05) is 24.3 Å². The third-order valence-electron chi connectivity index (χ3n) is 2.94. The standard InChI is InChI=1S/C15H10INO3S/c16-11-5-3-10(4-6-11)9-17-14(18)13(21-15(17)19)8-12-2-1-7-20-12/h1-8H,9H2/b13-8+. The fourth-order valence-corrected chi connectivity index (χ4v) is 3.09. The first-order valence-corrected chi connectivity index (χ1v) is 8.06. The molecule has 2 aromatic rings. The molecule has 0 bridgehead atoms. The first-order chi connectivity index (χ1) is 10.1. The summed E-state index contributed by atoms with van der Waals surface area (Å²) in [7, 11) is 0. The van der Waals surface area contributed by atoms with Gasteiger partial charge in [-0.1, -0.05) is 12.1 Å². The largest absolute Gasteiger partial charge is 0.465 e. The highest BCUT2D eigenvalue weighted by atomic mass is 127. The van der Waals surface area contributed by atoms with Crippen molar-refractivity contribution < 1.29 is 14.0 Å². The predicted octanol–water partition coefficient (Wildman–Crippen LogP) is 4.12. The second-order valence-electron chi connectivity index (χ2n) is 4.41. The van der Waals surface area contributed by atoms with E-state index in [-0.39, 0.29) is 17.7 Å². The first-order valence-electron chi connectivity index (χ1n) is 6.17. The molecule has 0 spiro atoms. The molecular formula is C15H10INO3S. The van der Waals surface area contributed by atoms with Gasteiger partial charge in [-0.2, -0.15) is 0 Å². The molecule has 1 aliphatic rings. The van der Waals surface area contributed by atoms with E-state index in [4.69, 9.17) is 4.42 Å². The summed E-state index contributed by atoms with van der Waals surface area (Å²) >= 11 is 3.15. The predicted molar refractivity (Wildman–Crippen MR) is 89.4 cm³/mol. The summed E-state index contributed by atoms with van der Waals surface area (Å²) in [6.45, 7) is 0.289. The lowest BCUT2D eigenvalue weighted by molar-refractivity contribution is -0.123. The summed E-state index contributed by atoms with van der Waals surface area (Å²) in [6, 6.07) is 11.2. The molecule has 2 heterocycles. The van der Waals surface area contributed by atoms with Gasteiger partial charge in [-0.15, -0.1) is 0 Å². The van der Waals surface area contributed by atoms with E-state index in [2.05, 4.69) is 22.6 Å². The van der Waals surface area contributed by atoms with Gasteiger partial charge in [0.15, 0.2) is 0 Å². The molecule has 1 saturated heterocycles. The van der Waals surface area contributed by atoms with Crippen molar-refractivity contribution in [3.63, 3.8) is 0 Å². The van der Waals surface area contributed by atoms with Gasteiger partial charge < -0.3 is 4.42 Å². The molecule has 0 radical (unpaired) electrons. The summed E-state index contributed by atoms with van der Waals surface area (Å²) in [6.07, 6.45) is 3.13. The van der Waals surface area contributed by atoms with Crippen molar-refractivity contribution >= 4 is 51.6 Å². The number of hydrogen-bond donors (Lipinski definition) is 0. The zero-order chi connectivity index (χ0) is 14.8. The van der Waals surface area contributed by atoms with E-state index >= 15 is 0 Å². The second-order valence-corrected chi connectivity index (χ2v) is 6.65. The Morgan fingerprint density at radius 2 is 1.95 bits per heavy atom. The number of hydrogen-bond acceptors (Lipinski definition) is 4. The van der Waals surface area contributed by atoms with Crippen molar-refractivity contribution in [3.05, 3.63) is 62.5 Å². The van der Waals surface area contributed by atoms with Crippen molar-refractivity contribution in [2.24, 2.45) is 0 Å². The SMILES string of the molecule is O=C1S/C(=C/c2ccco2)C(=O)N1Cc1ccc(I)cc1. The van der Waals surface area contributed by atoms with Crippen LogP contribution < -0.4 is 0 Å². The summed E-state index contributed by atoms with van der Waals surface area (Å²) in [5.41, 5.74) is 0.928. The third-order valence-corrected chi connectivity index (χ3v) is 4.57. The second kappa shape index (κ2) is 6.07. The van der Waals surface area contributed by atoms with Crippen LogP contribution in [0.25, 0.3) is 6.08 Å². The van der Waals surface area contributed by atoms with Crippen LogP contribution in [0.5, 0.6) is 0 Å². The van der Waals surface area contributed by atoms with Crippen LogP contribution in [0.3, 0.4) is 0 Å². The Bertz CT molecular complexity index is 707. The number of nitrogens with zero attached hydrogens (tertiary/aromatic N) is 1. The molecule has 0 N–H and O–H groups in total. The van der Waals surface area contributed by atoms with Crippen molar-refractivity contribution in [2.75, 3.05) is 0 Å². The minimum atomic E-state index is -0.278. The molecular weight excluding hydrogens is 401 g/mol. The lowest BCUT2D eigenvalue weighted by atomic mass is 10.2. The quantitative estimate of drug-likeness (QED) is 0.563. The van der Waals surface area contributed by atoms with Crippen LogP contribution in [0.15, 0.2) is 52.0 Å². The van der Waals surface area contributed by atoms with Gasteiger partial charge >= 0.3 is 0 Å². The maximum absolute atomic E-state index is 12.3. The maximum atomic E-state index is 12.3. The molecule has 0 unspecified atom stereocenters. The van der Waals surface area contributed by atoms with E-state index < -0.39 is 0 Å². The van der Waals surface area contributed by atoms with Crippen LogP contribution in [0, 0.1) is 3.57 Å². The third kappa shape index (κ3) is 3.21. The van der Waals surface area contributed by atoms with Gasteiger partial charge in [0, 0.05) is 9.65 Å². The van der Waals surface area contributed by atoms with E-state index in [0.29, 0.717) is 10.7 Å². The van der Waals surface area contributed by atoms with Crippen molar-refractivity contribution in [1.82, 2.24) is 4.90 Å². The highest BCUT2D eigenvalue weighted by Crippen LogP contribution is 2.33. The Balaban J connectivity index is 1.79. The average Bonchev–Trinajstić information content (AvgIpc) is 3.06. The van der Waals surface area contributed by atoms with Crippen LogP contribution in [-0.4, -0.2) is 16.0 Å². The molecule has 1 aliphatic heterocycles. The zero-order valence-electron chi connectivity index (χ0n) is 10.8. The van der Waals surface area contributed by atoms with Gasteiger partial charge in [-0.05, 0) is 64.2 Å². The zero-order valence-corrected chi connectivity index (χ0v) is 13.8. The number of amides is 2. The van der Waals surface area contributed by atoms with Gasteiger partial charge in [-0.3, -0.25) is 14.5 Å². The number of benzene rings is 1. The number of thioether (sulfide) groups is 1. The monoisotopic (exact) mass is 411 g/mol. The molecule has 1 fully saturated rings. The molecule has 4 nitrogen and oxygen atoms in total. The van der Waals surface area contributed by atoms with E-state index in [0.717, 1.165) is 20.9 Å². The van der Waals surface area contributed by atoms with E-state index in [1.54, 1.807) is 18.2 Å². The van der Waals surface area contributed by atoms with E-state index in [9.17, 15) is 9.59 Å². The van der Waals surface area contributed by atoms with Gasteiger partial charge in [0.05, 0.1) is 17.7 Å². The van der Waals surface area contributed by atoms with Crippen molar-refractivity contribution in [2.45, 2.75) is 6.54 Å². The molecule has 0 aliphatic carbocycles. The average molecular weight is 411 g/mol. The topological polar surface area (TPSA) is 50.5 Å². The Morgan fingerprint density at radius 1 is 1.19 bits per heavy atom. The molecule has 1 aromatic heterocycles. The summed E-state index contributed by atoms with van der Waals surface area (Å²) in [5.74, 6) is 0.287. The van der Waals surface area contributed by atoms with Crippen LogP contribution >= 0.6 is 34.4 Å². The molecule has 6 heteroatoms. The van der Waals surface area contributed by atoms with Crippen LogP contribution in [0.2, 0.25) is 0 Å². The minimum Gasteiger partial charge on any atom is -0.465 e. The number of imide groups is 1. The highest BCUT2D eigenvalue weighted by Gasteiger charge is 2.35. The van der Waals surface area contributed by atoms with Crippen molar-refractivity contribution in [3.8, 4) is 0 Å². The van der Waals surface area contributed by atoms with Gasteiger partial charge in [0.2, 0.25) is 0 Å². The summed E-state index contributed by atoms with van der Waals surface area (Å²) < 4.78 is 6.29. The maximum Gasteiger partial charge on any atom is 0.293 e. The smallest absolute Gasteiger partial charge is 0.293 e. The van der Waals surface area contributed by atoms with Crippen LogP contribution in [-0.2, 0) is 11.3 Å². The van der Waals surface area contributed by atoms with Crippen LogP contribution in [0.1, 0.15) is 11.3 Å². The van der Waals surface area contributed by atoms with Crippen molar-refractivity contribution in [1.29, 1.82) is 0 Å². The number of carbonyl (C=O) groups is 2. The summed E-state index contributed by atoms with van der Waals surface area (Å²) in [4.78, 5) is 25.9. The van der Waals surface area contributed by atoms with Gasteiger partial charge in [0.25, 0.3) is 11.1 Å². The lowest BCUT2D eigenvalue weighted by Crippen LogP contribution is -2.27. The van der Waals surface area contributed by atoms with Gasteiger partial charge in [-0.25, -0.2) is 0 Å². The van der Waals surface area contributed by atoms with Gasteiger partial charge in [0.1, 0.15) is 5.76 Å². The highest BCUT2D eigenvalue weighted by molar-refractivity contribution is 14.1. The Labute approximate surface area is 139 Å². The Kier molecular flexibility index (Phi) is 4.16. The number of halogens is 1. The number of carbonyl (C=O) groups excluding carboxylic acids is 2. The lowest BCUT2D eigenvalue weighted by Gasteiger charge is -2.12. The molecule has 0 atom stereocenters. The minimum absolute atomic E-state index is 0.253. The first kappa shape index (κ1) is 14.4. The summed E-state index contributed by atoms with van der Waals surface area (Å²) in [5, 5.41) is -0.253. The van der Waals surface area contributed by atoms with E-state index in [1.165, 1.54) is 11.2 Å². The fourth-order valence-electron chi connectivity index (χ4n) is 1.91. The number of rotatable bonds is 3. The Hall–Kier alpha value is -1.54.